The molecule has 0 aliphatic rings. The molecule has 0 aliphatic carbocycles. The summed E-state index contributed by atoms with van der Waals surface area (Å²) < 4.78 is 1.60. The second-order valence-electron chi connectivity index (χ2n) is 5.92. The van der Waals surface area contributed by atoms with Crippen LogP contribution >= 0.6 is 0 Å². The number of carboxylic acid groups (broad SMARTS) is 1. The Morgan fingerprint density at radius 1 is 0.731 bits per heavy atom. The van der Waals surface area contributed by atoms with Crippen LogP contribution in [0.4, 0.5) is 0 Å². The van der Waals surface area contributed by atoms with Gasteiger partial charge in [-0.15, -0.1) is 0 Å². The molecule has 1 heterocycles. The SMILES string of the molecule is O=C(O)c1cn(-c2ccccc2)nc1-c1ccc(-c2ccccc2)cc1. The van der Waals surface area contributed by atoms with Crippen molar-refractivity contribution in [2.75, 3.05) is 0 Å². The molecule has 4 nitrogen and oxygen atoms in total. The highest BCUT2D eigenvalue weighted by atomic mass is 16.4. The van der Waals surface area contributed by atoms with Crippen molar-refractivity contribution < 1.29 is 9.90 Å². The van der Waals surface area contributed by atoms with E-state index in [1.54, 1.807) is 10.9 Å². The Morgan fingerprint density at radius 2 is 1.27 bits per heavy atom. The number of carboxylic acids is 1. The van der Waals surface area contributed by atoms with Crippen LogP contribution in [0.15, 0.2) is 91.1 Å². The smallest absolute Gasteiger partial charge is 0.339 e. The number of nitrogens with zero attached hydrogens (tertiary/aromatic N) is 2. The van der Waals surface area contributed by atoms with Crippen LogP contribution < -0.4 is 0 Å². The zero-order valence-electron chi connectivity index (χ0n) is 13.9. The van der Waals surface area contributed by atoms with Crippen molar-refractivity contribution in [3.8, 4) is 28.1 Å². The maximum Gasteiger partial charge on any atom is 0.339 e. The van der Waals surface area contributed by atoms with E-state index in [1.807, 2.05) is 84.9 Å². The minimum Gasteiger partial charge on any atom is -0.478 e. The van der Waals surface area contributed by atoms with Crippen molar-refractivity contribution >= 4 is 5.97 Å². The van der Waals surface area contributed by atoms with Gasteiger partial charge in [0, 0.05) is 11.8 Å². The average Bonchev–Trinajstić information content (AvgIpc) is 3.15. The third kappa shape index (κ3) is 3.00. The first-order valence-electron chi connectivity index (χ1n) is 8.26. The predicted octanol–water partition coefficient (Wildman–Crippen LogP) is 4.90. The second-order valence-corrected chi connectivity index (χ2v) is 5.92. The highest BCUT2D eigenvalue weighted by Gasteiger charge is 2.17. The van der Waals surface area contributed by atoms with Crippen molar-refractivity contribution in [2.24, 2.45) is 0 Å². The Morgan fingerprint density at radius 3 is 1.88 bits per heavy atom. The molecule has 126 valence electrons. The third-order valence-electron chi connectivity index (χ3n) is 4.23. The zero-order valence-corrected chi connectivity index (χ0v) is 13.9. The molecule has 26 heavy (non-hydrogen) atoms. The number of benzene rings is 3. The van der Waals surface area contributed by atoms with E-state index in [2.05, 4.69) is 5.10 Å². The molecule has 0 radical (unpaired) electrons. The minimum absolute atomic E-state index is 0.182. The Balaban J connectivity index is 1.75. The number of rotatable bonds is 4. The van der Waals surface area contributed by atoms with Crippen molar-refractivity contribution in [1.82, 2.24) is 9.78 Å². The largest absolute Gasteiger partial charge is 0.478 e. The summed E-state index contributed by atoms with van der Waals surface area (Å²) in [7, 11) is 0. The van der Waals surface area contributed by atoms with Gasteiger partial charge in [-0.3, -0.25) is 0 Å². The molecule has 4 aromatic rings. The van der Waals surface area contributed by atoms with Crippen molar-refractivity contribution in [3.63, 3.8) is 0 Å². The number of aromatic nitrogens is 2. The van der Waals surface area contributed by atoms with Crippen molar-refractivity contribution in [2.45, 2.75) is 0 Å². The Hall–Kier alpha value is -3.66. The molecule has 4 heteroatoms. The maximum atomic E-state index is 11.7. The van der Waals surface area contributed by atoms with Crippen LogP contribution in [0.1, 0.15) is 10.4 Å². The van der Waals surface area contributed by atoms with Crippen molar-refractivity contribution in [3.05, 3.63) is 96.7 Å². The van der Waals surface area contributed by atoms with E-state index in [-0.39, 0.29) is 5.56 Å². The van der Waals surface area contributed by atoms with Gasteiger partial charge in [0.05, 0.1) is 5.69 Å². The van der Waals surface area contributed by atoms with Gasteiger partial charge in [0.1, 0.15) is 11.3 Å². The van der Waals surface area contributed by atoms with Gasteiger partial charge in [-0.25, -0.2) is 9.48 Å². The van der Waals surface area contributed by atoms with Crippen LogP contribution in [0.5, 0.6) is 0 Å². The number of hydrogen-bond donors (Lipinski definition) is 1. The minimum atomic E-state index is -0.991. The Bertz CT molecular complexity index is 1040. The van der Waals surface area contributed by atoms with E-state index >= 15 is 0 Å². The molecule has 0 fully saturated rings. The first-order valence-corrected chi connectivity index (χ1v) is 8.26. The molecule has 1 N–H and O–H groups in total. The molecule has 3 aromatic carbocycles. The molecule has 0 atom stereocenters. The van der Waals surface area contributed by atoms with Gasteiger partial charge in [-0.2, -0.15) is 5.10 Å². The molecular weight excluding hydrogens is 324 g/mol. The van der Waals surface area contributed by atoms with Gasteiger partial charge in [0.25, 0.3) is 0 Å². The monoisotopic (exact) mass is 340 g/mol. The summed E-state index contributed by atoms with van der Waals surface area (Å²) in [5, 5.41) is 14.1. The molecule has 0 amide bonds. The van der Waals surface area contributed by atoms with Gasteiger partial charge in [-0.05, 0) is 23.3 Å². The van der Waals surface area contributed by atoms with Gasteiger partial charge >= 0.3 is 5.97 Å². The van der Waals surface area contributed by atoms with Crippen molar-refractivity contribution in [1.29, 1.82) is 0 Å². The van der Waals surface area contributed by atoms with E-state index in [4.69, 9.17) is 0 Å². The maximum absolute atomic E-state index is 11.7. The van der Waals surface area contributed by atoms with Gasteiger partial charge in [0.2, 0.25) is 0 Å². The lowest BCUT2D eigenvalue weighted by Crippen LogP contribution is -1.96. The van der Waals surface area contributed by atoms with Crippen LogP contribution in [0.2, 0.25) is 0 Å². The fourth-order valence-electron chi connectivity index (χ4n) is 2.91. The Kier molecular flexibility index (Phi) is 4.07. The van der Waals surface area contributed by atoms with Crippen LogP contribution in [0.3, 0.4) is 0 Å². The lowest BCUT2D eigenvalue weighted by molar-refractivity contribution is 0.0697. The number of hydrogen-bond acceptors (Lipinski definition) is 2. The summed E-state index contributed by atoms with van der Waals surface area (Å²) in [4.78, 5) is 11.7. The normalized spacial score (nSPS) is 10.6. The van der Waals surface area contributed by atoms with E-state index in [9.17, 15) is 9.90 Å². The topological polar surface area (TPSA) is 55.1 Å². The molecule has 0 bridgehead atoms. The molecule has 0 unspecified atom stereocenters. The fourth-order valence-corrected chi connectivity index (χ4v) is 2.91. The summed E-state index contributed by atoms with van der Waals surface area (Å²) >= 11 is 0. The van der Waals surface area contributed by atoms with Gasteiger partial charge < -0.3 is 5.11 Å². The van der Waals surface area contributed by atoms with Crippen LogP contribution in [0, 0.1) is 0 Å². The third-order valence-corrected chi connectivity index (χ3v) is 4.23. The molecule has 0 saturated carbocycles. The average molecular weight is 340 g/mol. The molecule has 4 rings (SSSR count). The molecular formula is C22H16N2O2. The van der Waals surface area contributed by atoms with E-state index in [0.717, 1.165) is 22.4 Å². The van der Waals surface area contributed by atoms with Crippen LogP contribution in [0.25, 0.3) is 28.1 Å². The Labute approximate surface area is 151 Å². The second kappa shape index (κ2) is 6.69. The number of para-hydroxylation sites is 1. The van der Waals surface area contributed by atoms with E-state index < -0.39 is 5.97 Å². The summed E-state index contributed by atoms with van der Waals surface area (Å²) in [6.45, 7) is 0. The fraction of sp³-hybridized carbons (Fsp3) is 0. The summed E-state index contributed by atoms with van der Waals surface area (Å²) in [6, 6.07) is 27.3. The number of carbonyl (C=O) groups is 1. The summed E-state index contributed by atoms with van der Waals surface area (Å²) in [5.41, 5.74) is 4.43. The lowest BCUT2D eigenvalue weighted by Gasteiger charge is -2.04. The summed E-state index contributed by atoms with van der Waals surface area (Å²) in [5.74, 6) is -0.991. The highest BCUT2D eigenvalue weighted by Crippen LogP contribution is 2.27. The lowest BCUT2D eigenvalue weighted by atomic mass is 10.0. The molecule has 0 spiro atoms. The van der Waals surface area contributed by atoms with E-state index in [0.29, 0.717) is 5.69 Å². The first-order chi connectivity index (χ1) is 12.7. The highest BCUT2D eigenvalue weighted by molar-refractivity contribution is 5.95. The quantitative estimate of drug-likeness (QED) is 0.574. The van der Waals surface area contributed by atoms with E-state index in [1.165, 1.54) is 0 Å². The molecule has 0 saturated heterocycles. The number of aromatic carboxylic acids is 1. The molecule has 0 aliphatic heterocycles. The van der Waals surface area contributed by atoms with Crippen LogP contribution in [-0.4, -0.2) is 20.9 Å². The zero-order chi connectivity index (χ0) is 17.9. The molecule has 1 aromatic heterocycles. The van der Waals surface area contributed by atoms with Crippen LogP contribution in [-0.2, 0) is 0 Å². The van der Waals surface area contributed by atoms with Gasteiger partial charge in [-0.1, -0.05) is 72.8 Å². The standard InChI is InChI=1S/C22H16N2O2/c25-22(26)20-15-24(19-9-5-2-6-10-19)23-21(20)18-13-11-17(12-14-18)16-7-3-1-4-8-16/h1-15H,(H,25,26). The predicted molar refractivity (Wildman–Crippen MR) is 101 cm³/mol. The summed E-state index contributed by atoms with van der Waals surface area (Å²) in [6.07, 6.45) is 1.55. The van der Waals surface area contributed by atoms with Gasteiger partial charge in [0.15, 0.2) is 0 Å². The first kappa shape index (κ1) is 15.8.